The standard InChI is InChI=1S/C17H22N2O2/c1-4-20-15-7-5-6-8-16(15)21-17-11-14(9-10-18-17)12-19-13(2)3/h5-11,13,19H,4,12H2,1-3H3. The zero-order valence-corrected chi connectivity index (χ0v) is 12.8. The summed E-state index contributed by atoms with van der Waals surface area (Å²) in [6, 6.07) is 12.0. The number of nitrogens with zero attached hydrogens (tertiary/aromatic N) is 1. The van der Waals surface area contributed by atoms with Crippen molar-refractivity contribution in [2.75, 3.05) is 6.61 Å². The van der Waals surface area contributed by atoms with Crippen molar-refractivity contribution >= 4 is 0 Å². The van der Waals surface area contributed by atoms with E-state index in [9.17, 15) is 0 Å². The third kappa shape index (κ3) is 4.76. The zero-order chi connectivity index (χ0) is 15.1. The van der Waals surface area contributed by atoms with Crippen molar-refractivity contribution in [2.24, 2.45) is 0 Å². The lowest BCUT2D eigenvalue weighted by Crippen LogP contribution is -2.21. The fourth-order valence-electron chi connectivity index (χ4n) is 1.86. The average Bonchev–Trinajstić information content (AvgIpc) is 2.48. The van der Waals surface area contributed by atoms with Crippen LogP contribution in [0.5, 0.6) is 17.4 Å². The van der Waals surface area contributed by atoms with Crippen LogP contribution in [0, 0.1) is 0 Å². The number of nitrogens with one attached hydrogen (secondary N) is 1. The van der Waals surface area contributed by atoms with Gasteiger partial charge in [-0.25, -0.2) is 4.98 Å². The van der Waals surface area contributed by atoms with E-state index in [4.69, 9.17) is 9.47 Å². The molecule has 4 heteroatoms. The highest BCUT2D eigenvalue weighted by atomic mass is 16.5. The second-order valence-electron chi connectivity index (χ2n) is 5.02. The molecule has 0 aliphatic rings. The molecule has 0 saturated heterocycles. The molecule has 1 heterocycles. The zero-order valence-electron chi connectivity index (χ0n) is 12.8. The molecule has 0 radical (unpaired) electrons. The van der Waals surface area contributed by atoms with Gasteiger partial charge in [-0.15, -0.1) is 0 Å². The quantitative estimate of drug-likeness (QED) is 0.841. The maximum absolute atomic E-state index is 5.85. The van der Waals surface area contributed by atoms with Crippen molar-refractivity contribution in [3.05, 3.63) is 48.2 Å². The van der Waals surface area contributed by atoms with Crippen LogP contribution in [0.1, 0.15) is 26.3 Å². The van der Waals surface area contributed by atoms with Gasteiger partial charge >= 0.3 is 0 Å². The van der Waals surface area contributed by atoms with Crippen molar-refractivity contribution in [2.45, 2.75) is 33.4 Å². The predicted molar refractivity (Wildman–Crippen MR) is 83.9 cm³/mol. The van der Waals surface area contributed by atoms with Crippen LogP contribution < -0.4 is 14.8 Å². The van der Waals surface area contributed by atoms with Crippen molar-refractivity contribution < 1.29 is 9.47 Å². The molecule has 112 valence electrons. The number of ether oxygens (including phenoxy) is 2. The Kier molecular flexibility index (Phi) is 5.58. The third-order valence-corrected chi connectivity index (χ3v) is 2.88. The molecule has 0 atom stereocenters. The highest BCUT2D eigenvalue weighted by molar-refractivity contribution is 5.41. The van der Waals surface area contributed by atoms with E-state index in [1.807, 2.05) is 43.3 Å². The van der Waals surface area contributed by atoms with Crippen LogP contribution in [0.2, 0.25) is 0 Å². The summed E-state index contributed by atoms with van der Waals surface area (Å²) in [5, 5.41) is 3.38. The summed E-state index contributed by atoms with van der Waals surface area (Å²) >= 11 is 0. The number of hydrogen-bond acceptors (Lipinski definition) is 4. The SMILES string of the molecule is CCOc1ccccc1Oc1cc(CNC(C)C)ccn1. The summed E-state index contributed by atoms with van der Waals surface area (Å²) in [4.78, 5) is 4.26. The van der Waals surface area contributed by atoms with Crippen LogP contribution in [-0.2, 0) is 6.54 Å². The Labute approximate surface area is 126 Å². The number of hydrogen-bond donors (Lipinski definition) is 1. The average molecular weight is 286 g/mol. The Hall–Kier alpha value is -2.07. The van der Waals surface area contributed by atoms with Gasteiger partial charge in [0.2, 0.25) is 5.88 Å². The van der Waals surface area contributed by atoms with Crippen molar-refractivity contribution in [3.63, 3.8) is 0 Å². The Morgan fingerprint density at radius 3 is 2.62 bits per heavy atom. The minimum atomic E-state index is 0.446. The van der Waals surface area contributed by atoms with Crippen molar-refractivity contribution in [3.8, 4) is 17.4 Å². The van der Waals surface area contributed by atoms with E-state index in [-0.39, 0.29) is 0 Å². The molecule has 21 heavy (non-hydrogen) atoms. The van der Waals surface area contributed by atoms with Gasteiger partial charge in [-0.3, -0.25) is 0 Å². The molecule has 0 aliphatic heterocycles. The van der Waals surface area contributed by atoms with E-state index in [1.165, 1.54) is 0 Å². The lowest BCUT2D eigenvalue weighted by molar-refractivity contribution is 0.319. The van der Waals surface area contributed by atoms with Gasteiger partial charge in [-0.2, -0.15) is 0 Å². The van der Waals surface area contributed by atoms with Crippen LogP contribution >= 0.6 is 0 Å². The van der Waals surface area contributed by atoms with Crippen LogP contribution in [0.3, 0.4) is 0 Å². The highest BCUT2D eigenvalue weighted by Gasteiger charge is 2.06. The molecule has 1 aromatic heterocycles. The molecule has 0 saturated carbocycles. The van der Waals surface area contributed by atoms with E-state index >= 15 is 0 Å². The van der Waals surface area contributed by atoms with Crippen LogP contribution in [0.15, 0.2) is 42.6 Å². The van der Waals surface area contributed by atoms with Gasteiger partial charge in [0.15, 0.2) is 11.5 Å². The largest absolute Gasteiger partial charge is 0.490 e. The van der Waals surface area contributed by atoms with Gasteiger partial charge in [0, 0.05) is 24.8 Å². The van der Waals surface area contributed by atoms with Gasteiger partial charge in [-0.1, -0.05) is 26.0 Å². The number of benzene rings is 1. The first-order valence-electron chi connectivity index (χ1n) is 7.27. The molecular formula is C17H22N2O2. The van der Waals surface area contributed by atoms with Gasteiger partial charge in [0.1, 0.15) is 0 Å². The Morgan fingerprint density at radius 2 is 1.90 bits per heavy atom. The van der Waals surface area contributed by atoms with E-state index in [0.29, 0.717) is 24.3 Å². The third-order valence-electron chi connectivity index (χ3n) is 2.88. The van der Waals surface area contributed by atoms with E-state index in [1.54, 1.807) is 6.20 Å². The molecule has 1 aromatic carbocycles. The summed E-state index contributed by atoms with van der Waals surface area (Å²) < 4.78 is 11.4. The second-order valence-corrected chi connectivity index (χ2v) is 5.02. The molecule has 0 amide bonds. The van der Waals surface area contributed by atoms with Crippen molar-refractivity contribution in [1.82, 2.24) is 10.3 Å². The van der Waals surface area contributed by atoms with Crippen LogP contribution in [-0.4, -0.2) is 17.6 Å². The maximum Gasteiger partial charge on any atom is 0.219 e. The Morgan fingerprint density at radius 1 is 1.14 bits per heavy atom. The van der Waals surface area contributed by atoms with Gasteiger partial charge < -0.3 is 14.8 Å². The first-order chi connectivity index (χ1) is 10.2. The number of para-hydroxylation sites is 2. The molecule has 0 unspecified atom stereocenters. The molecule has 0 aliphatic carbocycles. The number of rotatable bonds is 7. The summed E-state index contributed by atoms with van der Waals surface area (Å²) in [7, 11) is 0. The second kappa shape index (κ2) is 7.64. The molecule has 1 N–H and O–H groups in total. The molecule has 0 fully saturated rings. The normalized spacial score (nSPS) is 10.7. The predicted octanol–water partition coefficient (Wildman–Crippen LogP) is 3.77. The lowest BCUT2D eigenvalue weighted by atomic mass is 10.2. The van der Waals surface area contributed by atoms with Gasteiger partial charge in [-0.05, 0) is 30.7 Å². The number of aromatic nitrogens is 1. The maximum atomic E-state index is 5.85. The summed E-state index contributed by atoms with van der Waals surface area (Å²) in [5.74, 6) is 1.98. The number of pyridine rings is 1. The molecule has 2 rings (SSSR count). The molecule has 2 aromatic rings. The first-order valence-corrected chi connectivity index (χ1v) is 7.27. The topological polar surface area (TPSA) is 43.4 Å². The Balaban J connectivity index is 2.11. The molecule has 0 spiro atoms. The highest BCUT2D eigenvalue weighted by Crippen LogP contribution is 2.30. The van der Waals surface area contributed by atoms with E-state index < -0.39 is 0 Å². The lowest BCUT2D eigenvalue weighted by Gasteiger charge is -2.12. The first kappa shape index (κ1) is 15.3. The molecule has 4 nitrogen and oxygen atoms in total. The minimum absolute atomic E-state index is 0.446. The fraction of sp³-hybridized carbons (Fsp3) is 0.353. The summed E-state index contributed by atoms with van der Waals surface area (Å²) in [6.07, 6.45) is 1.76. The van der Waals surface area contributed by atoms with Crippen LogP contribution in [0.25, 0.3) is 0 Å². The van der Waals surface area contributed by atoms with Crippen LogP contribution in [0.4, 0.5) is 0 Å². The van der Waals surface area contributed by atoms with Crippen molar-refractivity contribution in [1.29, 1.82) is 0 Å². The molecule has 0 bridgehead atoms. The smallest absolute Gasteiger partial charge is 0.219 e. The monoisotopic (exact) mass is 286 g/mol. The Bertz CT molecular complexity index is 570. The van der Waals surface area contributed by atoms with Gasteiger partial charge in [0.25, 0.3) is 0 Å². The molecular weight excluding hydrogens is 264 g/mol. The minimum Gasteiger partial charge on any atom is -0.490 e. The van der Waals surface area contributed by atoms with E-state index in [2.05, 4.69) is 24.1 Å². The summed E-state index contributed by atoms with van der Waals surface area (Å²) in [6.45, 7) is 7.59. The summed E-state index contributed by atoms with van der Waals surface area (Å²) in [5.41, 5.74) is 1.14. The fourth-order valence-corrected chi connectivity index (χ4v) is 1.86. The van der Waals surface area contributed by atoms with Gasteiger partial charge in [0.05, 0.1) is 6.61 Å². The van der Waals surface area contributed by atoms with E-state index in [0.717, 1.165) is 17.9 Å².